The fraction of sp³-hybridized carbons (Fsp3) is 0.174. The van der Waals surface area contributed by atoms with Gasteiger partial charge in [0.2, 0.25) is 5.91 Å². The highest BCUT2D eigenvalue weighted by Gasteiger charge is 2.03. The van der Waals surface area contributed by atoms with E-state index in [1.165, 1.54) is 0 Å². The number of carbonyl (C=O) groups is 1. The van der Waals surface area contributed by atoms with Crippen LogP contribution in [-0.2, 0) is 11.4 Å². The van der Waals surface area contributed by atoms with Gasteiger partial charge in [0.05, 0.1) is 7.11 Å². The van der Waals surface area contributed by atoms with Crippen molar-refractivity contribution < 1.29 is 14.3 Å². The van der Waals surface area contributed by atoms with Crippen LogP contribution in [0.4, 0.5) is 11.4 Å². The lowest BCUT2D eigenvalue weighted by Crippen LogP contribution is -2.16. The summed E-state index contributed by atoms with van der Waals surface area (Å²) in [5.41, 5.74) is 2.82. The summed E-state index contributed by atoms with van der Waals surface area (Å²) >= 11 is 0. The first-order valence-electron chi connectivity index (χ1n) is 9.17. The summed E-state index contributed by atoms with van der Waals surface area (Å²) < 4.78 is 10.9. The van der Waals surface area contributed by atoms with Crippen LogP contribution in [0, 0.1) is 0 Å². The van der Waals surface area contributed by atoms with Crippen LogP contribution in [0.1, 0.15) is 12.0 Å². The Kier molecular flexibility index (Phi) is 6.90. The maximum Gasteiger partial charge on any atom is 0.226 e. The third kappa shape index (κ3) is 6.06. The SMILES string of the molecule is COc1ccc(NCCC(=O)Nc2ccc(OCc3ccccc3)cc2)cc1. The summed E-state index contributed by atoms with van der Waals surface area (Å²) in [6.45, 7) is 1.07. The summed E-state index contributed by atoms with van der Waals surface area (Å²) in [4.78, 5) is 12.1. The zero-order chi connectivity index (χ0) is 19.6. The quantitative estimate of drug-likeness (QED) is 0.568. The van der Waals surface area contributed by atoms with Crippen molar-refractivity contribution in [3.63, 3.8) is 0 Å². The standard InChI is InChI=1S/C23H24N2O3/c1-27-21-11-7-19(8-12-21)24-16-15-23(26)25-20-9-13-22(14-10-20)28-17-18-5-3-2-4-6-18/h2-14,24H,15-17H2,1H3,(H,25,26). The molecule has 0 aliphatic heterocycles. The molecule has 5 nitrogen and oxygen atoms in total. The minimum absolute atomic E-state index is 0.0426. The molecule has 0 heterocycles. The number of anilines is 2. The fourth-order valence-electron chi connectivity index (χ4n) is 2.63. The Morgan fingerprint density at radius 3 is 2.14 bits per heavy atom. The highest BCUT2D eigenvalue weighted by molar-refractivity contribution is 5.91. The van der Waals surface area contributed by atoms with Gasteiger partial charge >= 0.3 is 0 Å². The summed E-state index contributed by atoms with van der Waals surface area (Å²) in [6, 6.07) is 25.0. The molecule has 0 unspecified atom stereocenters. The van der Waals surface area contributed by atoms with Gasteiger partial charge in [0, 0.05) is 24.3 Å². The van der Waals surface area contributed by atoms with Crippen molar-refractivity contribution in [1.82, 2.24) is 0 Å². The molecule has 0 aliphatic carbocycles. The Labute approximate surface area is 165 Å². The second-order valence-electron chi connectivity index (χ2n) is 6.25. The number of hydrogen-bond donors (Lipinski definition) is 2. The van der Waals surface area contributed by atoms with Crippen LogP contribution in [0.25, 0.3) is 0 Å². The number of amides is 1. The average molecular weight is 376 g/mol. The molecule has 3 aromatic rings. The van der Waals surface area contributed by atoms with Gasteiger partial charge in [-0.15, -0.1) is 0 Å². The molecular formula is C23H24N2O3. The van der Waals surface area contributed by atoms with E-state index in [0.717, 1.165) is 28.4 Å². The van der Waals surface area contributed by atoms with Crippen LogP contribution in [0.3, 0.4) is 0 Å². The summed E-state index contributed by atoms with van der Waals surface area (Å²) in [5, 5.41) is 6.11. The molecule has 0 aromatic heterocycles. The van der Waals surface area contributed by atoms with E-state index in [9.17, 15) is 4.79 Å². The number of carbonyl (C=O) groups excluding carboxylic acids is 1. The van der Waals surface area contributed by atoms with Gasteiger partial charge in [0.1, 0.15) is 18.1 Å². The van der Waals surface area contributed by atoms with E-state index in [1.807, 2.05) is 78.9 Å². The Bertz CT molecular complexity index is 863. The summed E-state index contributed by atoms with van der Waals surface area (Å²) in [5.74, 6) is 1.53. The smallest absolute Gasteiger partial charge is 0.226 e. The number of nitrogens with one attached hydrogen (secondary N) is 2. The minimum Gasteiger partial charge on any atom is -0.497 e. The Morgan fingerprint density at radius 1 is 0.821 bits per heavy atom. The van der Waals surface area contributed by atoms with Crippen molar-refractivity contribution >= 4 is 17.3 Å². The highest BCUT2D eigenvalue weighted by Crippen LogP contribution is 2.18. The number of hydrogen-bond acceptors (Lipinski definition) is 4. The minimum atomic E-state index is -0.0426. The number of rotatable bonds is 9. The summed E-state index contributed by atoms with van der Waals surface area (Å²) in [7, 11) is 1.63. The van der Waals surface area contributed by atoms with Gasteiger partial charge in [-0.1, -0.05) is 30.3 Å². The normalized spacial score (nSPS) is 10.2. The largest absolute Gasteiger partial charge is 0.497 e. The maximum atomic E-state index is 12.1. The van der Waals surface area contributed by atoms with Gasteiger partial charge in [-0.05, 0) is 54.1 Å². The second kappa shape index (κ2) is 10.0. The molecule has 0 aliphatic rings. The molecule has 28 heavy (non-hydrogen) atoms. The molecule has 3 rings (SSSR count). The van der Waals surface area contributed by atoms with Crippen LogP contribution < -0.4 is 20.1 Å². The molecule has 1 amide bonds. The summed E-state index contributed by atoms with van der Waals surface area (Å²) in [6.07, 6.45) is 0.373. The van der Waals surface area contributed by atoms with Crippen molar-refractivity contribution in [2.45, 2.75) is 13.0 Å². The van der Waals surface area contributed by atoms with Crippen LogP contribution in [0.2, 0.25) is 0 Å². The van der Waals surface area contributed by atoms with Gasteiger partial charge in [-0.3, -0.25) is 4.79 Å². The molecule has 0 radical (unpaired) electrons. The monoisotopic (exact) mass is 376 g/mol. The first kappa shape index (κ1) is 19.3. The zero-order valence-electron chi connectivity index (χ0n) is 15.9. The van der Waals surface area contributed by atoms with Crippen LogP contribution in [0.15, 0.2) is 78.9 Å². The van der Waals surface area contributed by atoms with Crippen molar-refractivity contribution in [3.05, 3.63) is 84.4 Å². The predicted octanol–water partition coefficient (Wildman–Crippen LogP) is 4.71. The molecule has 5 heteroatoms. The number of ether oxygens (including phenoxy) is 2. The third-order valence-electron chi connectivity index (χ3n) is 4.16. The van der Waals surface area contributed by atoms with Crippen molar-refractivity contribution in [3.8, 4) is 11.5 Å². The van der Waals surface area contributed by atoms with Gasteiger partial charge in [0.15, 0.2) is 0 Å². The van der Waals surface area contributed by atoms with E-state index >= 15 is 0 Å². The average Bonchev–Trinajstić information content (AvgIpc) is 2.74. The van der Waals surface area contributed by atoms with Crippen LogP contribution in [-0.4, -0.2) is 19.6 Å². The fourth-order valence-corrected chi connectivity index (χ4v) is 2.63. The first-order valence-corrected chi connectivity index (χ1v) is 9.17. The maximum absolute atomic E-state index is 12.1. The highest BCUT2D eigenvalue weighted by atomic mass is 16.5. The van der Waals surface area contributed by atoms with Crippen molar-refractivity contribution in [2.75, 3.05) is 24.3 Å². The Balaban J connectivity index is 1.39. The molecule has 0 fully saturated rings. The van der Waals surface area contributed by atoms with Crippen molar-refractivity contribution in [2.24, 2.45) is 0 Å². The second-order valence-corrected chi connectivity index (χ2v) is 6.25. The molecule has 0 atom stereocenters. The molecule has 0 saturated carbocycles. The number of benzene rings is 3. The molecular weight excluding hydrogens is 352 g/mol. The molecule has 2 N–H and O–H groups in total. The van der Waals surface area contributed by atoms with Crippen LogP contribution >= 0.6 is 0 Å². The first-order chi connectivity index (χ1) is 13.7. The van der Waals surface area contributed by atoms with Gasteiger partial charge in [-0.2, -0.15) is 0 Å². The van der Waals surface area contributed by atoms with Crippen molar-refractivity contribution in [1.29, 1.82) is 0 Å². The van der Waals surface area contributed by atoms with E-state index in [2.05, 4.69) is 10.6 Å². The van der Waals surface area contributed by atoms with E-state index < -0.39 is 0 Å². The molecule has 0 bridgehead atoms. The Morgan fingerprint density at radius 2 is 1.46 bits per heavy atom. The molecule has 0 saturated heterocycles. The Hall–Kier alpha value is -3.47. The topological polar surface area (TPSA) is 59.6 Å². The number of methoxy groups -OCH3 is 1. The van der Waals surface area contributed by atoms with Gasteiger partial charge < -0.3 is 20.1 Å². The van der Waals surface area contributed by atoms with Gasteiger partial charge in [-0.25, -0.2) is 0 Å². The lowest BCUT2D eigenvalue weighted by molar-refractivity contribution is -0.115. The van der Waals surface area contributed by atoms with E-state index in [0.29, 0.717) is 19.6 Å². The molecule has 144 valence electrons. The van der Waals surface area contributed by atoms with E-state index in [4.69, 9.17) is 9.47 Å². The lowest BCUT2D eigenvalue weighted by atomic mass is 10.2. The molecule has 3 aromatic carbocycles. The van der Waals surface area contributed by atoms with E-state index in [1.54, 1.807) is 7.11 Å². The lowest BCUT2D eigenvalue weighted by Gasteiger charge is -2.10. The molecule has 0 spiro atoms. The zero-order valence-corrected chi connectivity index (χ0v) is 15.9. The van der Waals surface area contributed by atoms with Crippen LogP contribution in [0.5, 0.6) is 11.5 Å². The predicted molar refractivity (Wildman–Crippen MR) is 112 cm³/mol. The van der Waals surface area contributed by atoms with Gasteiger partial charge in [0.25, 0.3) is 0 Å². The van der Waals surface area contributed by atoms with E-state index in [-0.39, 0.29) is 5.91 Å². The third-order valence-corrected chi connectivity index (χ3v) is 4.16.